The first kappa shape index (κ1) is 15.5. The van der Waals surface area contributed by atoms with E-state index in [9.17, 15) is 0 Å². The molecule has 1 N–H and O–H groups in total. The zero-order valence-electron chi connectivity index (χ0n) is 12.8. The first-order valence-electron chi connectivity index (χ1n) is 7.26. The summed E-state index contributed by atoms with van der Waals surface area (Å²) in [5.74, 6) is 2.89. The highest BCUT2D eigenvalue weighted by atomic mass is 32.2. The molecule has 4 heteroatoms. The van der Waals surface area contributed by atoms with Crippen LogP contribution in [0.3, 0.4) is 0 Å². The fourth-order valence-corrected chi connectivity index (χ4v) is 3.82. The number of hydrogen-bond acceptors (Lipinski definition) is 4. The van der Waals surface area contributed by atoms with Gasteiger partial charge in [-0.05, 0) is 43.6 Å². The third-order valence-electron chi connectivity index (χ3n) is 3.49. The molecule has 22 heavy (non-hydrogen) atoms. The van der Waals surface area contributed by atoms with E-state index >= 15 is 0 Å². The predicted molar refractivity (Wildman–Crippen MR) is 99.0 cm³/mol. The number of fused-ring (bicyclic) bond motifs is 2. The number of ether oxygens (including phenoxy) is 1. The highest BCUT2D eigenvalue weighted by molar-refractivity contribution is 8.08. The van der Waals surface area contributed by atoms with Crippen molar-refractivity contribution < 1.29 is 4.74 Å². The molecule has 0 amide bonds. The third kappa shape index (κ3) is 3.35. The summed E-state index contributed by atoms with van der Waals surface area (Å²) in [4.78, 5) is 2.53. The summed E-state index contributed by atoms with van der Waals surface area (Å²) in [7, 11) is 1.99. The standard InChI is InChI=1S/C18H19NOS2/c1-19-9-10-22-18-11-13-5-3-4-6-16(13)20-17-8-7-14(21-2)12-15(17)18/h3-8,11-12,19H,9-10H2,1-2H3. The molecule has 3 rings (SSSR count). The van der Waals surface area contributed by atoms with Crippen LogP contribution in [0.5, 0.6) is 11.5 Å². The molecule has 114 valence electrons. The number of thioether (sulfide) groups is 2. The van der Waals surface area contributed by atoms with Crippen molar-refractivity contribution >= 4 is 34.5 Å². The van der Waals surface area contributed by atoms with Gasteiger partial charge in [0, 0.05) is 33.2 Å². The second kappa shape index (κ2) is 7.27. The Morgan fingerprint density at radius 3 is 2.77 bits per heavy atom. The molecule has 2 aromatic carbocycles. The summed E-state index contributed by atoms with van der Waals surface area (Å²) in [5, 5.41) is 3.21. The van der Waals surface area contributed by atoms with Gasteiger partial charge in [-0.2, -0.15) is 0 Å². The Balaban J connectivity index is 2.05. The first-order valence-corrected chi connectivity index (χ1v) is 9.47. The van der Waals surface area contributed by atoms with Gasteiger partial charge >= 0.3 is 0 Å². The van der Waals surface area contributed by atoms with Gasteiger partial charge in [0.15, 0.2) is 0 Å². The van der Waals surface area contributed by atoms with Crippen LogP contribution in [0.2, 0.25) is 0 Å². The lowest BCUT2D eigenvalue weighted by atomic mass is 10.1. The zero-order chi connectivity index (χ0) is 15.4. The molecule has 0 fully saturated rings. The third-order valence-corrected chi connectivity index (χ3v) is 5.27. The van der Waals surface area contributed by atoms with Crippen molar-refractivity contribution in [3.8, 4) is 11.5 Å². The molecule has 1 heterocycles. The van der Waals surface area contributed by atoms with E-state index in [1.807, 2.05) is 30.9 Å². The van der Waals surface area contributed by atoms with E-state index in [0.29, 0.717) is 0 Å². The molecule has 0 unspecified atom stereocenters. The molecule has 2 nitrogen and oxygen atoms in total. The van der Waals surface area contributed by atoms with Gasteiger partial charge in [0.25, 0.3) is 0 Å². The summed E-state index contributed by atoms with van der Waals surface area (Å²) >= 11 is 3.63. The van der Waals surface area contributed by atoms with E-state index in [1.165, 1.54) is 15.4 Å². The molecule has 0 atom stereocenters. The van der Waals surface area contributed by atoms with E-state index < -0.39 is 0 Å². The van der Waals surface area contributed by atoms with Crippen LogP contribution in [0.4, 0.5) is 0 Å². The average Bonchev–Trinajstić information content (AvgIpc) is 2.71. The van der Waals surface area contributed by atoms with Gasteiger partial charge in [0.1, 0.15) is 11.5 Å². The Morgan fingerprint density at radius 1 is 1.09 bits per heavy atom. The highest BCUT2D eigenvalue weighted by Gasteiger charge is 2.17. The van der Waals surface area contributed by atoms with Crippen LogP contribution in [0.1, 0.15) is 11.1 Å². The minimum atomic E-state index is 0.921. The molecular weight excluding hydrogens is 310 g/mol. The lowest BCUT2D eigenvalue weighted by Gasteiger charge is -2.12. The Kier molecular flexibility index (Phi) is 5.13. The molecule has 0 spiro atoms. The lowest BCUT2D eigenvalue weighted by molar-refractivity contribution is 0.481. The van der Waals surface area contributed by atoms with E-state index in [4.69, 9.17) is 4.74 Å². The topological polar surface area (TPSA) is 21.3 Å². The fraction of sp³-hybridized carbons (Fsp3) is 0.222. The maximum absolute atomic E-state index is 6.15. The minimum absolute atomic E-state index is 0.921. The number of hydrogen-bond donors (Lipinski definition) is 1. The van der Waals surface area contributed by atoms with Crippen LogP contribution in [0.15, 0.2) is 47.4 Å². The van der Waals surface area contributed by atoms with Crippen molar-refractivity contribution in [1.82, 2.24) is 5.32 Å². The summed E-state index contributed by atoms with van der Waals surface area (Å²) in [6.45, 7) is 0.988. The Labute approximate surface area is 140 Å². The Hall–Kier alpha value is -1.36. The van der Waals surface area contributed by atoms with Gasteiger partial charge in [-0.1, -0.05) is 18.2 Å². The Bertz CT molecular complexity index is 697. The summed E-state index contributed by atoms with van der Waals surface area (Å²) in [5.41, 5.74) is 2.32. The lowest BCUT2D eigenvalue weighted by Crippen LogP contribution is -2.09. The van der Waals surface area contributed by atoms with Crippen LogP contribution < -0.4 is 10.1 Å². The van der Waals surface area contributed by atoms with Gasteiger partial charge in [-0.3, -0.25) is 0 Å². The maximum atomic E-state index is 6.15. The highest BCUT2D eigenvalue weighted by Crippen LogP contribution is 2.43. The summed E-state index contributed by atoms with van der Waals surface area (Å²) < 4.78 is 6.15. The molecule has 0 bridgehead atoms. The van der Waals surface area contributed by atoms with Crippen LogP contribution in [0, 0.1) is 0 Å². The van der Waals surface area contributed by atoms with E-state index in [1.54, 1.807) is 11.8 Å². The van der Waals surface area contributed by atoms with Crippen molar-refractivity contribution in [3.05, 3.63) is 53.6 Å². The van der Waals surface area contributed by atoms with Gasteiger partial charge in [-0.25, -0.2) is 0 Å². The van der Waals surface area contributed by atoms with Crippen molar-refractivity contribution in [2.75, 3.05) is 25.6 Å². The summed E-state index contributed by atoms with van der Waals surface area (Å²) in [6, 6.07) is 14.6. The van der Waals surface area contributed by atoms with E-state index in [2.05, 4.69) is 48.0 Å². The molecule has 1 aliphatic rings. The van der Waals surface area contributed by atoms with Crippen LogP contribution >= 0.6 is 23.5 Å². The molecule has 1 aliphatic heterocycles. The largest absolute Gasteiger partial charge is 0.456 e. The second-order valence-electron chi connectivity index (χ2n) is 4.96. The number of para-hydroxylation sites is 1. The number of nitrogens with one attached hydrogen (secondary N) is 1. The fourth-order valence-electron chi connectivity index (χ4n) is 2.33. The van der Waals surface area contributed by atoms with Crippen LogP contribution in [-0.4, -0.2) is 25.6 Å². The predicted octanol–water partition coefficient (Wildman–Crippen LogP) is 4.96. The smallest absolute Gasteiger partial charge is 0.135 e. The normalized spacial score (nSPS) is 12.7. The number of benzene rings is 2. The molecule has 2 aromatic rings. The van der Waals surface area contributed by atoms with Gasteiger partial charge < -0.3 is 10.1 Å². The average molecular weight is 329 g/mol. The number of rotatable bonds is 5. The van der Waals surface area contributed by atoms with Crippen molar-refractivity contribution in [2.24, 2.45) is 0 Å². The molecule has 0 aliphatic carbocycles. The molecule has 0 saturated carbocycles. The van der Waals surface area contributed by atoms with Crippen LogP contribution in [0.25, 0.3) is 11.0 Å². The SMILES string of the molecule is CNCCSC1=Cc2ccccc2Oc2ccc(SC)cc21. The maximum Gasteiger partial charge on any atom is 0.135 e. The molecule has 0 radical (unpaired) electrons. The molecule has 0 saturated heterocycles. The van der Waals surface area contributed by atoms with E-state index in [-0.39, 0.29) is 0 Å². The van der Waals surface area contributed by atoms with Gasteiger partial charge in [0.2, 0.25) is 0 Å². The van der Waals surface area contributed by atoms with Crippen molar-refractivity contribution in [1.29, 1.82) is 0 Å². The quantitative estimate of drug-likeness (QED) is 0.617. The first-order chi connectivity index (χ1) is 10.8. The molecular formula is C18H19NOS2. The monoisotopic (exact) mass is 329 g/mol. The van der Waals surface area contributed by atoms with Crippen molar-refractivity contribution in [3.63, 3.8) is 0 Å². The zero-order valence-corrected chi connectivity index (χ0v) is 14.4. The minimum Gasteiger partial charge on any atom is -0.456 e. The van der Waals surface area contributed by atoms with Gasteiger partial charge in [-0.15, -0.1) is 23.5 Å². The van der Waals surface area contributed by atoms with E-state index in [0.717, 1.165) is 29.4 Å². The Morgan fingerprint density at radius 2 is 1.95 bits per heavy atom. The van der Waals surface area contributed by atoms with Crippen LogP contribution in [-0.2, 0) is 0 Å². The van der Waals surface area contributed by atoms with Gasteiger partial charge in [0.05, 0.1) is 0 Å². The van der Waals surface area contributed by atoms with Crippen molar-refractivity contribution in [2.45, 2.75) is 4.90 Å². The summed E-state index contributed by atoms with van der Waals surface area (Å²) in [6.07, 6.45) is 4.34. The second-order valence-corrected chi connectivity index (χ2v) is 6.98. The molecule has 0 aromatic heterocycles.